The van der Waals surface area contributed by atoms with Gasteiger partial charge in [-0.25, -0.2) is 9.37 Å². The number of aromatic nitrogens is 1. The maximum atomic E-state index is 13.0. The number of hydrogen-bond acceptors (Lipinski definition) is 4. The highest BCUT2D eigenvalue weighted by molar-refractivity contribution is 14.0. The van der Waals surface area contributed by atoms with Crippen molar-refractivity contribution in [2.75, 3.05) is 20.2 Å². The molecule has 164 valence electrons. The minimum absolute atomic E-state index is 0. The van der Waals surface area contributed by atoms with Gasteiger partial charge in [-0.05, 0) is 35.4 Å². The van der Waals surface area contributed by atoms with Crippen LogP contribution in [-0.2, 0) is 6.54 Å². The third-order valence-corrected chi connectivity index (χ3v) is 4.52. The molecule has 1 unspecified atom stereocenters. The van der Waals surface area contributed by atoms with E-state index in [9.17, 15) is 9.50 Å². The first kappa shape index (κ1) is 24.5. The molecule has 0 saturated heterocycles. The molecule has 0 aliphatic carbocycles. The second kappa shape index (κ2) is 12.9. The molecule has 0 amide bonds. The zero-order chi connectivity index (χ0) is 21.2. The van der Waals surface area contributed by atoms with Crippen molar-refractivity contribution in [3.8, 4) is 11.6 Å². The van der Waals surface area contributed by atoms with Crippen molar-refractivity contribution in [2.45, 2.75) is 12.5 Å². The van der Waals surface area contributed by atoms with Gasteiger partial charge in [-0.3, -0.25) is 4.99 Å². The Bertz CT molecular complexity index is 938. The Morgan fingerprint density at radius 3 is 2.42 bits per heavy atom. The predicted octanol–water partition coefficient (Wildman–Crippen LogP) is 4.07. The van der Waals surface area contributed by atoms with Crippen LogP contribution in [0.4, 0.5) is 4.39 Å². The van der Waals surface area contributed by atoms with Gasteiger partial charge in [-0.15, -0.1) is 24.0 Å². The number of pyridine rings is 1. The number of aliphatic imine (C=N–C) groups is 1. The largest absolute Gasteiger partial charge is 0.439 e. The number of ether oxygens (including phenoxy) is 1. The molecule has 1 aromatic heterocycles. The Hall–Kier alpha value is -2.72. The number of nitrogens with one attached hydrogen (secondary N) is 2. The van der Waals surface area contributed by atoms with Crippen molar-refractivity contribution in [1.82, 2.24) is 15.6 Å². The van der Waals surface area contributed by atoms with Crippen LogP contribution >= 0.6 is 24.0 Å². The van der Waals surface area contributed by atoms with Gasteiger partial charge in [0, 0.05) is 38.3 Å². The maximum Gasteiger partial charge on any atom is 0.219 e. The molecule has 0 fully saturated rings. The lowest BCUT2D eigenvalue weighted by molar-refractivity contribution is 0.265. The van der Waals surface area contributed by atoms with Crippen molar-refractivity contribution < 1.29 is 14.2 Å². The maximum absolute atomic E-state index is 13.0. The van der Waals surface area contributed by atoms with Crippen LogP contribution in [0.25, 0.3) is 0 Å². The molecule has 6 nitrogen and oxygen atoms in total. The van der Waals surface area contributed by atoms with Crippen molar-refractivity contribution >= 4 is 29.9 Å². The minimum Gasteiger partial charge on any atom is -0.439 e. The van der Waals surface area contributed by atoms with Crippen LogP contribution in [0, 0.1) is 5.82 Å². The third kappa shape index (κ3) is 7.80. The summed E-state index contributed by atoms with van der Waals surface area (Å²) in [5.41, 5.74) is 2.02. The van der Waals surface area contributed by atoms with E-state index in [1.54, 1.807) is 31.4 Å². The molecule has 3 aromatic rings. The van der Waals surface area contributed by atoms with Gasteiger partial charge in [-0.1, -0.05) is 36.4 Å². The lowest BCUT2D eigenvalue weighted by Crippen LogP contribution is -2.39. The van der Waals surface area contributed by atoms with Crippen LogP contribution in [0.2, 0.25) is 0 Å². The Labute approximate surface area is 198 Å². The number of rotatable bonds is 8. The van der Waals surface area contributed by atoms with Crippen LogP contribution in [0.15, 0.2) is 77.9 Å². The molecule has 3 rings (SSSR count). The van der Waals surface area contributed by atoms with E-state index in [2.05, 4.69) is 20.6 Å². The smallest absolute Gasteiger partial charge is 0.219 e. The Balaban J connectivity index is 0.00000341. The number of aliphatic hydroxyl groups is 1. The number of nitrogens with zero attached hydrogens (tertiary/aromatic N) is 2. The van der Waals surface area contributed by atoms with Crippen LogP contribution in [0.5, 0.6) is 11.6 Å². The number of aliphatic hydroxyl groups excluding tert-OH is 1. The van der Waals surface area contributed by atoms with E-state index in [1.165, 1.54) is 12.1 Å². The summed E-state index contributed by atoms with van der Waals surface area (Å²) >= 11 is 0. The molecular formula is C23H26FIN4O2. The molecule has 0 aliphatic heterocycles. The summed E-state index contributed by atoms with van der Waals surface area (Å²) in [6.07, 6.45) is 1.71. The molecule has 1 atom stereocenters. The van der Waals surface area contributed by atoms with Crippen molar-refractivity contribution in [2.24, 2.45) is 4.99 Å². The summed E-state index contributed by atoms with van der Waals surface area (Å²) in [4.78, 5) is 8.50. The second-order valence-electron chi connectivity index (χ2n) is 6.66. The Morgan fingerprint density at radius 2 is 1.81 bits per heavy atom. The average Bonchev–Trinajstić information content (AvgIpc) is 2.79. The lowest BCUT2D eigenvalue weighted by atomic mass is 10.0. The summed E-state index contributed by atoms with van der Waals surface area (Å²) in [6.45, 7) is 1.13. The summed E-state index contributed by atoms with van der Waals surface area (Å²) in [5.74, 6) is 1.26. The Morgan fingerprint density at radius 1 is 1.06 bits per heavy atom. The van der Waals surface area contributed by atoms with Crippen LogP contribution < -0.4 is 15.4 Å². The number of hydrogen-bond donors (Lipinski definition) is 3. The van der Waals surface area contributed by atoms with Crippen molar-refractivity contribution in [3.63, 3.8) is 0 Å². The summed E-state index contributed by atoms with van der Waals surface area (Å²) in [7, 11) is 1.70. The standard InChI is InChI=1S/C23H25FN4O2.HI/c1-25-23(28-15-19(16-29)18-5-3-2-4-6-18)27-14-17-7-12-22(26-13-17)30-21-10-8-20(24)9-11-21;/h2-13,19,29H,14-16H2,1H3,(H2,25,27,28);1H. The molecule has 31 heavy (non-hydrogen) atoms. The lowest BCUT2D eigenvalue weighted by Gasteiger charge is -2.18. The van der Waals surface area contributed by atoms with Gasteiger partial charge in [0.05, 0.1) is 6.61 Å². The number of guanidine groups is 1. The highest BCUT2D eigenvalue weighted by Gasteiger charge is 2.11. The minimum atomic E-state index is -0.312. The fraction of sp³-hybridized carbons (Fsp3) is 0.217. The van der Waals surface area contributed by atoms with Crippen molar-refractivity contribution in [3.05, 3.63) is 89.9 Å². The van der Waals surface area contributed by atoms with Crippen LogP contribution in [0.3, 0.4) is 0 Å². The first-order valence-corrected chi connectivity index (χ1v) is 9.66. The van der Waals surface area contributed by atoms with Gasteiger partial charge in [-0.2, -0.15) is 0 Å². The van der Waals surface area contributed by atoms with Gasteiger partial charge >= 0.3 is 0 Å². The van der Waals surface area contributed by atoms with E-state index in [0.29, 0.717) is 30.7 Å². The SMILES string of the molecule is CN=C(NCc1ccc(Oc2ccc(F)cc2)nc1)NCC(CO)c1ccccc1.I. The van der Waals surface area contributed by atoms with Gasteiger partial charge in [0.25, 0.3) is 0 Å². The molecule has 0 saturated carbocycles. The topological polar surface area (TPSA) is 78.8 Å². The first-order valence-electron chi connectivity index (χ1n) is 9.66. The van der Waals surface area contributed by atoms with Gasteiger partial charge in [0.15, 0.2) is 5.96 Å². The summed E-state index contributed by atoms with van der Waals surface area (Å²) < 4.78 is 18.6. The zero-order valence-corrected chi connectivity index (χ0v) is 19.5. The molecule has 0 aliphatic rings. The quantitative estimate of drug-likeness (QED) is 0.230. The fourth-order valence-corrected chi connectivity index (χ4v) is 2.84. The van der Waals surface area contributed by atoms with Crippen LogP contribution in [-0.4, -0.2) is 36.2 Å². The van der Waals surface area contributed by atoms with E-state index >= 15 is 0 Å². The third-order valence-electron chi connectivity index (χ3n) is 4.52. The number of benzene rings is 2. The molecule has 0 spiro atoms. The molecular weight excluding hydrogens is 510 g/mol. The van der Waals surface area contributed by atoms with Gasteiger partial charge < -0.3 is 20.5 Å². The van der Waals surface area contributed by atoms with E-state index in [-0.39, 0.29) is 42.3 Å². The molecule has 8 heteroatoms. The highest BCUT2D eigenvalue weighted by atomic mass is 127. The molecule has 0 radical (unpaired) electrons. The predicted molar refractivity (Wildman–Crippen MR) is 131 cm³/mol. The molecule has 2 aromatic carbocycles. The summed E-state index contributed by atoms with van der Waals surface area (Å²) in [5, 5.41) is 16.1. The molecule has 1 heterocycles. The van der Waals surface area contributed by atoms with E-state index in [0.717, 1.165) is 11.1 Å². The van der Waals surface area contributed by atoms with E-state index < -0.39 is 0 Å². The average molecular weight is 536 g/mol. The highest BCUT2D eigenvalue weighted by Crippen LogP contribution is 2.19. The number of halogens is 2. The first-order chi connectivity index (χ1) is 14.7. The van der Waals surface area contributed by atoms with Crippen LogP contribution in [0.1, 0.15) is 17.0 Å². The van der Waals surface area contributed by atoms with Gasteiger partial charge in [0.1, 0.15) is 11.6 Å². The molecule has 3 N–H and O–H groups in total. The fourth-order valence-electron chi connectivity index (χ4n) is 2.84. The molecule has 0 bridgehead atoms. The zero-order valence-electron chi connectivity index (χ0n) is 17.2. The van der Waals surface area contributed by atoms with E-state index in [4.69, 9.17) is 4.74 Å². The normalized spacial score (nSPS) is 11.9. The Kier molecular flexibility index (Phi) is 10.2. The van der Waals surface area contributed by atoms with E-state index in [1.807, 2.05) is 36.4 Å². The van der Waals surface area contributed by atoms with Gasteiger partial charge in [0.2, 0.25) is 5.88 Å². The van der Waals surface area contributed by atoms with Crippen molar-refractivity contribution in [1.29, 1.82) is 0 Å². The monoisotopic (exact) mass is 536 g/mol. The summed E-state index contributed by atoms with van der Waals surface area (Å²) in [6, 6.07) is 19.3. The second-order valence-corrected chi connectivity index (χ2v) is 6.66.